The van der Waals surface area contributed by atoms with Crippen LogP contribution in [0.3, 0.4) is 0 Å². The lowest BCUT2D eigenvalue weighted by Crippen LogP contribution is -2.50. The summed E-state index contributed by atoms with van der Waals surface area (Å²) in [4.78, 5) is 37.6. The summed E-state index contributed by atoms with van der Waals surface area (Å²) < 4.78 is 11.6. The number of ether oxygens (including phenoxy) is 2. The van der Waals surface area contributed by atoms with Gasteiger partial charge in [-0.2, -0.15) is 0 Å². The molecule has 1 aliphatic heterocycles. The van der Waals surface area contributed by atoms with Gasteiger partial charge in [0.05, 0.1) is 17.3 Å². The lowest BCUT2D eigenvalue weighted by Gasteiger charge is -2.40. The minimum absolute atomic E-state index is 0.00812. The molecular weight excluding hydrogens is 320 g/mol. The molecule has 138 valence electrons. The lowest BCUT2D eigenvalue weighted by atomic mass is 9.66. The van der Waals surface area contributed by atoms with E-state index >= 15 is 0 Å². The first-order valence-corrected chi connectivity index (χ1v) is 9.35. The Hall–Kier alpha value is -1.65. The number of carbonyl (C=O) groups excluding carboxylic acids is 3. The Balaban J connectivity index is 2.04. The van der Waals surface area contributed by atoms with Crippen LogP contribution in [0.25, 0.3) is 0 Å². The first-order chi connectivity index (χ1) is 11.7. The Kier molecular flexibility index (Phi) is 4.54. The summed E-state index contributed by atoms with van der Waals surface area (Å²) in [6, 6.07) is 0. The molecule has 0 aromatic heterocycles. The molecule has 2 aliphatic carbocycles. The van der Waals surface area contributed by atoms with E-state index in [-0.39, 0.29) is 53.4 Å². The fourth-order valence-corrected chi connectivity index (χ4v) is 4.84. The third-order valence-corrected chi connectivity index (χ3v) is 6.74. The molecule has 0 radical (unpaired) electrons. The van der Waals surface area contributed by atoms with Gasteiger partial charge in [-0.25, -0.2) is 0 Å². The van der Waals surface area contributed by atoms with Crippen LogP contribution >= 0.6 is 0 Å². The van der Waals surface area contributed by atoms with Crippen LogP contribution in [0.5, 0.6) is 0 Å². The molecule has 0 N–H and O–H groups in total. The molecule has 0 spiro atoms. The van der Waals surface area contributed by atoms with E-state index in [4.69, 9.17) is 9.47 Å². The summed E-state index contributed by atoms with van der Waals surface area (Å²) in [5, 5.41) is 0. The molecule has 0 bridgehead atoms. The zero-order valence-corrected chi connectivity index (χ0v) is 15.7. The van der Waals surface area contributed by atoms with E-state index in [2.05, 4.69) is 6.92 Å². The van der Waals surface area contributed by atoms with Gasteiger partial charge in [0.25, 0.3) is 0 Å². The van der Waals surface area contributed by atoms with Gasteiger partial charge in [-0.3, -0.25) is 14.4 Å². The number of fused-ring (bicyclic) bond motifs is 2. The van der Waals surface area contributed by atoms with Gasteiger partial charge in [-0.15, -0.1) is 0 Å². The van der Waals surface area contributed by atoms with E-state index < -0.39 is 11.5 Å². The molecule has 3 rings (SSSR count). The van der Waals surface area contributed by atoms with Gasteiger partial charge in [0.1, 0.15) is 12.2 Å². The Morgan fingerprint density at radius 2 is 2.08 bits per heavy atom. The molecule has 5 nitrogen and oxygen atoms in total. The highest BCUT2D eigenvalue weighted by Gasteiger charge is 2.62. The number of hydrogen-bond donors (Lipinski definition) is 0. The standard InChI is InChI=1S/C20H28O5/c1-6-10(2)18(22)25-17-16-12(4)19(23)24-14(16)9-11(3)13-7-8-15(21)20(13,17)5/h7-8,10-14,16-17H,6,9H2,1-5H3. The van der Waals surface area contributed by atoms with Gasteiger partial charge in [-0.05, 0) is 37.7 Å². The highest BCUT2D eigenvalue weighted by atomic mass is 16.6. The second kappa shape index (κ2) is 6.26. The number of rotatable bonds is 3. The zero-order chi connectivity index (χ0) is 18.5. The normalized spacial score (nSPS) is 43.9. The summed E-state index contributed by atoms with van der Waals surface area (Å²) in [5.74, 6) is -1.30. The van der Waals surface area contributed by atoms with Gasteiger partial charge in [0, 0.05) is 5.92 Å². The molecule has 0 aromatic rings. The molecule has 1 saturated heterocycles. The molecule has 25 heavy (non-hydrogen) atoms. The first kappa shape index (κ1) is 18.2. The van der Waals surface area contributed by atoms with Crippen molar-refractivity contribution in [1.82, 2.24) is 0 Å². The van der Waals surface area contributed by atoms with Gasteiger partial charge >= 0.3 is 11.9 Å². The van der Waals surface area contributed by atoms with Crippen molar-refractivity contribution >= 4 is 17.7 Å². The minimum atomic E-state index is -0.829. The van der Waals surface area contributed by atoms with Crippen LogP contribution in [-0.2, 0) is 23.9 Å². The fraction of sp³-hybridized carbons (Fsp3) is 0.750. The molecule has 5 heteroatoms. The zero-order valence-electron chi connectivity index (χ0n) is 15.7. The predicted octanol–water partition coefficient (Wildman–Crippen LogP) is 2.92. The molecule has 0 amide bonds. The average molecular weight is 348 g/mol. The van der Waals surface area contributed by atoms with Crippen LogP contribution in [0, 0.1) is 35.0 Å². The first-order valence-electron chi connectivity index (χ1n) is 9.35. The van der Waals surface area contributed by atoms with Crippen molar-refractivity contribution in [2.45, 2.75) is 59.7 Å². The van der Waals surface area contributed by atoms with Gasteiger partial charge < -0.3 is 9.47 Å². The van der Waals surface area contributed by atoms with Crippen molar-refractivity contribution < 1.29 is 23.9 Å². The Labute approximate surface area is 149 Å². The van der Waals surface area contributed by atoms with E-state index in [1.807, 2.05) is 33.8 Å². The van der Waals surface area contributed by atoms with E-state index in [0.29, 0.717) is 12.8 Å². The summed E-state index contributed by atoms with van der Waals surface area (Å²) in [7, 11) is 0. The number of ketones is 1. The monoisotopic (exact) mass is 348 g/mol. The summed E-state index contributed by atoms with van der Waals surface area (Å²) in [6.45, 7) is 9.55. The van der Waals surface area contributed by atoms with Crippen LogP contribution < -0.4 is 0 Å². The maximum absolute atomic E-state index is 12.8. The number of allylic oxidation sites excluding steroid dienone is 2. The van der Waals surface area contributed by atoms with Crippen molar-refractivity contribution in [1.29, 1.82) is 0 Å². The quantitative estimate of drug-likeness (QED) is 0.734. The lowest BCUT2D eigenvalue weighted by molar-refractivity contribution is -0.171. The Morgan fingerprint density at radius 1 is 1.40 bits per heavy atom. The van der Waals surface area contributed by atoms with E-state index in [0.717, 1.165) is 0 Å². The van der Waals surface area contributed by atoms with Crippen LogP contribution in [0.1, 0.15) is 47.5 Å². The van der Waals surface area contributed by atoms with Crippen LogP contribution in [-0.4, -0.2) is 29.9 Å². The molecule has 1 saturated carbocycles. The summed E-state index contributed by atoms with van der Waals surface area (Å²) in [5.41, 5.74) is -0.829. The molecular formula is C20H28O5. The van der Waals surface area contributed by atoms with Gasteiger partial charge in [0.2, 0.25) is 0 Å². The van der Waals surface area contributed by atoms with Crippen molar-refractivity contribution in [3.63, 3.8) is 0 Å². The molecule has 2 fully saturated rings. The van der Waals surface area contributed by atoms with Crippen LogP contribution in [0.15, 0.2) is 12.2 Å². The van der Waals surface area contributed by atoms with Crippen LogP contribution in [0.4, 0.5) is 0 Å². The van der Waals surface area contributed by atoms with Crippen molar-refractivity contribution in [2.75, 3.05) is 0 Å². The molecule has 1 heterocycles. The average Bonchev–Trinajstić information content (AvgIpc) is 2.99. The SMILES string of the molecule is CCC(C)C(=O)OC1C2C(CC(C)C3C=CC(=O)C31C)OC(=O)C2C. The second-order valence-electron chi connectivity index (χ2n) is 8.25. The number of hydrogen-bond acceptors (Lipinski definition) is 5. The summed E-state index contributed by atoms with van der Waals surface area (Å²) >= 11 is 0. The molecule has 8 atom stereocenters. The molecule has 0 aromatic carbocycles. The minimum Gasteiger partial charge on any atom is -0.462 e. The van der Waals surface area contributed by atoms with Gasteiger partial charge in [-0.1, -0.05) is 33.8 Å². The predicted molar refractivity (Wildman–Crippen MR) is 91.4 cm³/mol. The second-order valence-corrected chi connectivity index (χ2v) is 8.25. The van der Waals surface area contributed by atoms with E-state index in [9.17, 15) is 14.4 Å². The maximum atomic E-state index is 12.8. The third-order valence-electron chi connectivity index (χ3n) is 6.74. The van der Waals surface area contributed by atoms with Crippen molar-refractivity contribution in [2.24, 2.45) is 35.0 Å². The van der Waals surface area contributed by atoms with Crippen molar-refractivity contribution in [3.05, 3.63) is 12.2 Å². The Morgan fingerprint density at radius 3 is 2.72 bits per heavy atom. The molecule has 3 aliphatic rings. The van der Waals surface area contributed by atoms with Gasteiger partial charge in [0.15, 0.2) is 5.78 Å². The summed E-state index contributed by atoms with van der Waals surface area (Å²) in [6.07, 6.45) is 4.00. The van der Waals surface area contributed by atoms with Crippen LogP contribution in [0.2, 0.25) is 0 Å². The number of esters is 2. The smallest absolute Gasteiger partial charge is 0.309 e. The third kappa shape index (κ3) is 2.63. The topological polar surface area (TPSA) is 69.7 Å². The highest BCUT2D eigenvalue weighted by Crippen LogP contribution is 2.54. The van der Waals surface area contributed by atoms with E-state index in [1.165, 1.54) is 0 Å². The highest BCUT2D eigenvalue weighted by molar-refractivity contribution is 5.98. The fourth-order valence-electron chi connectivity index (χ4n) is 4.84. The Bertz CT molecular complexity index is 624. The largest absolute Gasteiger partial charge is 0.462 e. The van der Waals surface area contributed by atoms with Crippen molar-refractivity contribution in [3.8, 4) is 0 Å². The number of carbonyl (C=O) groups is 3. The van der Waals surface area contributed by atoms with E-state index in [1.54, 1.807) is 6.08 Å². The molecule has 8 unspecified atom stereocenters. The maximum Gasteiger partial charge on any atom is 0.309 e.